The first kappa shape index (κ1) is 15.9. The second-order valence-corrected chi connectivity index (χ2v) is 5.77. The van der Waals surface area contributed by atoms with E-state index in [1.54, 1.807) is 0 Å². The van der Waals surface area contributed by atoms with Gasteiger partial charge in [-0.3, -0.25) is 0 Å². The minimum atomic E-state index is -0.354. The van der Waals surface area contributed by atoms with Crippen LogP contribution in [-0.2, 0) is 9.47 Å². The topological polar surface area (TPSA) is 59.6 Å². The average Bonchev–Trinajstić information content (AvgIpc) is 3.03. The number of piperidine rings is 1. The highest BCUT2D eigenvalue weighted by Gasteiger charge is 2.23. The third-order valence-electron chi connectivity index (χ3n) is 4.06. The van der Waals surface area contributed by atoms with Gasteiger partial charge in [0.1, 0.15) is 6.10 Å². The van der Waals surface area contributed by atoms with Crippen molar-refractivity contribution in [3.8, 4) is 11.8 Å². The van der Waals surface area contributed by atoms with Crippen molar-refractivity contribution in [1.82, 2.24) is 10.6 Å². The number of hydrogen-bond donors (Lipinski definition) is 2. The second kappa shape index (κ2) is 8.00. The van der Waals surface area contributed by atoms with Crippen LogP contribution in [0.5, 0.6) is 0 Å². The zero-order valence-corrected chi connectivity index (χ0v) is 13.1. The molecule has 2 N–H and O–H groups in total. The molecule has 0 bridgehead atoms. The highest BCUT2D eigenvalue weighted by molar-refractivity contribution is 5.69. The van der Waals surface area contributed by atoms with Crippen molar-refractivity contribution >= 4 is 6.09 Å². The van der Waals surface area contributed by atoms with E-state index in [-0.39, 0.29) is 12.2 Å². The van der Waals surface area contributed by atoms with Gasteiger partial charge >= 0.3 is 6.09 Å². The summed E-state index contributed by atoms with van der Waals surface area (Å²) in [6.07, 6.45) is 2.77. The molecule has 3 rings (SSSR count). The lowest BCUT2D eigenvalue weighted by molar-refractivity contribution is 0.0366. The number of carbonyl (C=O) groups excluding carboxylic acids is 1. The van der Waals surface area contributed by atoms with Crippen molar-refractivity contribution in [1.29, 1.82) is 0 Å². The zero-order valence-electron chi connectivity index (χ0n) is 13.1. The molecule has 122 valence electrons. The van der Waals surface area contributed by atoms with Crippen LogP contribution in [0.3, 0.4) is 0 Å². The summed E-state index contributed by atoms with van der Waals surface area (Å²) in [5, 5.41) is 5.98. The highest BCUT2D eigenvalue weighted by Crippen LogP contribution is 2.20. The van der Waals surface area contributed by atoms with Gasteiger partial charge in [0.05, 0.1) is 19.3 Å². The summed E-state index contributed by atoms with van der Waals surface area (Å²) >= 11 is 0. The molecule has 1 atom stereocenters. The van der Waals surface area contributed by atoms with Gasteiger partial charge < -0.3 is 20.1 Å². The fourth-order valence-corrected chi connectivity index (χ4v) is 2.76. The lowest BCUT2D eigenvalue weighted by atomic mass is 10.1. The number of alkyl carbamates (subject to hydrolysis) is 1. The minimum Gasteiger partial charge on any atom is -0.439 e. The Balaban J connectivity index is 1.42. The first-order valence-corrected chi connectivity index (χ1v) is 8.17. The average molecular weight is 314 g/mol. The van der Waals surface area contributed by atoms with Crippen LogP contribution in [0.25, 0.3) is 0 Å². The van der Waals surface area contributed by atoms with Gasteiger partial charge in [0.15, 0.2) is 0 Å². The van der Waals surface area contributed by atoms with E-state index in [1.165, 1.54) is 0 Å². The monoisotopic (exact) mass is 314 g/mol. The summed E-state index contributed by atoms with van der Waals surface area (Å²) in [5.41, 5.74) is 1.95. The number of hydrogen-bond acceptors (Lipinski definition) is 4. The zero-order chi connectivity index (χ0) is 15.9. The molecule has 0 unspecified atom stereocenters. The summed E-state index contributed by atoms with van der Waals surface area (Å²) in [4.78, 5) is 11.0. The third-order valence-corrected chi connectivity index (χ3v) is 4.06. The van der Waals surface area contributed by atoms with E-state index in [0.717, 1.165) is 43.5 Å². The molecule has 1 aromatic rings. The Morgan fingerprint density at radius 3 is 2.70 bits per heavy atom. The number of rotatable bonds is 4. The summed E-state index contributed by atoms with van der Waals surface area (Å²) in [6.45, 7) is 3.32. The van der Waals surface area contributed by atoms with E-state index in [4.69, 9.17) is 9.47 Å². The number of benzene rings is 1. The van der Waals surface area contributed by atoms with Crippen molar-refractivity contribution in [2.24, 2.45) is 0 Å². The Hall–Kier alpha value is -2.03. The standard InChI is InChI=1S/C18H22N2O3/c21-18-20-13-17(23-18)15-6-4-14(5-7-15)3-1-2-12-22-16-8-10-19-11-9-16/h4-7,16-17,19H,2,8-13H2,(H,20,21)/t17-/m0/s1. The fourth-order valence-electron chi connectivity index (χ4n) is 2.76. The molecular weight excluding hydrogens is 292 g/mol. The Kier molecular flexibility index (Phi) is 5.51. The number of cyclic esters (lactones) is 1. The normalized spacial score (nSPS) is 21.2. The molecule has 0 saturated carbocycles. The van der Waals surface area contributed by atoms with E-state index in [1.807, 2.05) is 24.3 Å². The molecule has 2 aliphatic rings. The Labute approximate surface area is 136 Å². The summed E-state index contributed by atoms with van der Waals surface area (Å²) in [6, 6.07) is 7.84. The van der Waals surface area contributed by atoms with Gasteiger partial charge in [0.25, 0.3) is 0 Å². The number of ether oxygens (including phenoxy) is 2. The van der Waals surface area contributed by atoms with Crippen molar-refractivity contribution in [3.05, 3.63) is 35.4 Å². The third kappa shape index (κ3) is 4.72. The largest absolute Gasteiger partial charge is 0.439 e. The van der Waals surface area contributed by atoms with Gasteiger partial charge in [-0.05, 0) is 43.6 Å². The maximum Gasteiger partial charge on any atom is 0.407 e. The quantitative estimate of drug-likeness (QED) is 0.659. The van der Waals surface area contributed by atoms with Crippen molar-refractivity contribution in [2.45, 2.75) is 31.5 Å². The van der Waals surface area contributed by atoms with Gasteiger partial charge in [0.2, 0.25) is 0 Å². The molecule has 2 saturated heterocycles. The first-order chi connectivity index (χ1) is 11.3. The van der Waals surface area contributed by atoms with Crippen molar-refractivity contribution in [3.63, 3.8) is 0 Å². The van der Waals surface area contributed by atoms with Crippen LogP contribution in [-0.4, -0.2) is 38.4 Å². The van der Waals surface area contributed by atoms with Crippen LogP contribution in [0.4, 0.5) is 4.79 Å². The molecule has 0 aliphatic carbocycles. The number of nitrogens with one attached hydrogen (secondary N) is 2. The Morgan fingerprint density at radius 2 is 2.00 bits per heavy atom. The molecular formula is C18H22N2O3. The second-order valence-electron chi connectivity index (χ2n) is 5.77. The summed E-state index contributed by atoms with van der Waals surface area (Å²) in [7, 11) is 0. The molecule has 2 fully saturated rings. The van der Waals surface area contributed by atoms with Gasteiger partial charge in [-0.2, -0.15) is 0 Å². The minimum absolute atomic E-state index is 0.192. The van der Waals surface area contributed by atoms with Gasteiger partial charge in [-0.25, -0.2) is 4.79 Å². The SMILES string of the molecule is O=C1NC[C@@H](c2ccc(C#CCCOC3CCNCC3)cc2)O1. The molecule has 2 aliphatic heterocycles. The molecule has 2 heterocycles. The first-order valence-electron chi connectivity index (χ1n) is 8.17. The molecule has 0 spiro atoms. The van der Waals surface area contributed by atoms with Crippen LogP contribution < -0.4 is 10.6 Å². The molecule has 1 aromatic carbocycles. The predicted molar refractivity (Wildman–Crippen MR) is 87.0 cm³/mol. The smallest absolute Gasteiger partial charge is 0.407 e. The van der Waals surface area contributed by atoms with Crippen molar-refractivity contribution in [2.75, 3.05) is 26.2 Å². The Bertz CT molecular complexity index is 583. The molecule has 5 nitrogen and oxygen atoms in total. The fraction of sp³-hybridized carbons (Fsp3) is 0.500. The van der Waals surface area contributed by atoms with Crippen LogP contribution in [0.2, 0.25) is 0 Å². The molecule has 5 heteroatoms. The van der Waals surface area contributed by atoms with Gasteiger partial charge in [0, 0.05) is 12.0 Å². The summed E-state index contributed by atoms with van der Waals surface area (Å²) in [5.74, 6) is 6.29. The molecule has 0 aromatic heterocycles. The van der Waals surface area contributed by atoms with Crippen LogP contribution >= 0.6 is 0 Å². The molecule has 0 radical (unpaired) electrons. The maximum absolute atomic E-state index is 11.0. The van der Waals surface area contributed by atoms with Crippen LogP contribution in [0.1, 0.15) is 36.5 Å². The molecule has 1 amide bonds. The Morgan fingerprint density at radius 1 is 1.22 bits per heavy atom. The lowest BCUT2D eigenvalue weighted by Crippen LogP contribution is -2.32. The van der Waals surface area contributed by atoms with E-state index in [9.17, 15) is 4.79 Å². The van der Waals surface area contributed by atoms with Gasteiger partial charge in [-0.15, -0.1) is 0 Å². The summed E-state index contributed by atoms with van der Waals surface area (Å²) < 4.78 is 11.0. The van der Waals surface area contributed by atoms with Crippen LogP contribution in [0.15, 0.2) is 24.3 Å². The van der Waals surface area contributed by atoms with E-state index < -0.39 is 0 Å². The van der Waals surface area contributed by atoms with E-state index >= 15 is 0 Å². The lowest BCUT2D eigenvalue weighted by Gasteiger charge is -2.22. The van der Waals surface area contributed by atoms with E-state index in [0.29, 0.717) is 19.3 Å². The van der Waals surface area contributed by atoms with Crippen molar-refractivity contribution < 1.29 is 14.3 Å². The predicted octanol–water partition coefficient (Wildman–Crippen LogP) is 1.98. The number of carbonyl (C=O) groups is 1. The highest BCUT2D eigenvalue weighted by atomic mass is 16.6. The van der Waals surface area contributed by atoms with E-state index in [2.05, 4.69) is 22.5 Å². The molecule has 23 heavy (non-hydrogen) atoms. The number of amides is 1. The van der Waals surface area contributed by atoms with Crippen LogP contribution in [0, 0.1) is 11.8 Å². The van der Waals surface area contributed by atoms with Gasteiger partial charge in [-0.1, -0.05) is 24.0 Å². The maximum atomic E-state index is 11.0.